The lowest BCUT2D eigenvalue weighted by atomic mass is 10.0. The maximum absolute atomic E-state index is 12.1. The van der Waals surface area contributed by atoms with Crippen LogP contribution in [0.25, 0.3) is 0 Å². The van der Waals surface area contributed by atoms with Crippen molar-refractivity contribution in [3.05, 3.63) is 36.5 Å². The molecule has 0 spiro atoms. The van der Waals surface area contributed by atoms with Crippen molar-refractivity contribution < 1.29 is 24.2 Å². The average Bonchev–Trinajstić information content (AvgIpc) is 3.09. The quantitative estimate of drug-likeness (QED) is 0.0403. The van der Waals surface area contributed by atoms with E-state index < -0.39 is 6.10 Å². The number of unbranched alkanes of at least 4 members (excludes halogenated alkanes) is 23. The van der Waals surface area contributed by atoms with Crippen LogP contribution in [0, 0.1) is 0 Å². The van der Waals surface area contributed by atoms with Crippen LogP contribution in [0.3, 0.4) is 0 Å². The smallest absolute Gasteiger partial charge is 0.306 e. The number of hydrogen-bond acceptors (Lipinski definition) is 5. The average molecular weight is 675 g/mol. The summed E-state index contributed by atoms with van der Waals surface area (Å²) in [4.78, 5) is 24.2. The predicted octanol–water partition coefficient (Wildman–Crippen LogP) is 12.8. The van der Waals surface area contributed by atoms with E-state index in [1.54, 1.807) is 0 Å². The van der Waals surface area contributed by atoms with Crippen molar-refractivity contribution in [1.82, 2.24) is 0 Å². The van der Waals surface area contributed by atoms with Gasteiger partial charge in [0.2, 0.25) is 0 Å². The summed E-state index contributed by atoms with van der Waals surface area (Å²) >= 11 is 0. The minimum absolute atomic E-state index is 0.0889. The molecule has 5 nitrogen and oxygen atoms in total. The lowest BCUT2D eigenvalue weighted by Gasteiger charge is -2.15. The second-order valence-corrected chi connectivity index (χ2v) is 13.7. The molecule has 0 aromatic carbocycles. The summed E-state index contributed by atoms with van der Waals surface area (Å²) in [7, 11) is 0. The molecule has 0 aromatic heterocycles. The molecule has 0 amide bonds. The van der Waals surface area contributed by atoms with Crippen LogP contribution in [0.5, 0.6) is 0 Å². The van der Waals surface area contributed by atoms with Crippen molar-refractivity contribution in [3.63, 3.8) is 0 Å². The monoisotopic (exact) mass is 675 g/mol. The van der Waals surface area contributed by atoms with Crippen LogP contribution in [-0.4, -0.2) is 36.4 Å². The maximum Gasteiger partial charge on any atom is 0.306 e. The van der Waals surface area contributed by atoms with Gasteiger partial charge in [0.1, 0.15) is 6.61 Å². The van der Waals surface area contributed by atoms with Crippen LogP contribution in [0.4, 0.5) is 0 Å². The first-order valence-corrected chi connectivity index (χ1v) is 20.5. The minimum atomic E-state index is -0.789. The van der Waals surface area contributed by atoms with Gasteiger partial charge in [-0.2, -0.15) is 0 Å². The fourth-order valence-corrected chi connectivity index (χ4v) is 5.73. The number of esters is 2. The van der Waals surface area contributed by atoms with Gasteiger partial charge in [-0.05, 0) is 64.2 Å². The molecule has 0 saturated carbocycles. The topological polar surface area (TPSA) is 72.8 Å². The Bertz CT molecular complexity index is 771. The van der Waals surface area contributed by atoms with Crippen LogP contribution >= 0.6 is 0 Å². The van der Waals surface area contributed by atoms with Gasteiger partial charge in [-0.25, -0.2) is 0 Å². The molecule has 0 aliphatic heterocycles. The fraction of sp³-hybridized carbons (Fsp3) is 0.814. The van der Waals surface area contributed by atoms with E-state index >= 15 is 0 Å². The van der Waals surface area contributed by atoms with Gasteiger partial charge in [-0.1, -0.05) is 166 Å². The molecular formula is C43H78O5. The Labute approximate surface area is 297 Å². The molecule has 0 heterocycles. The van der Waals surface area contributed by atoms with Crippen molar-refractivity contribution in [2.45, 2.75) is 213 Å². The molecule has 1 atom stereocenters. The SMILES string of the molecule is CCCC/C=C/CCCCCCCC(=O)O[C@@H](CO)COC(=O)CCC/C=C/CC/C=C/CCCCCCCCCCCCCCCC. The van der Waals surface area contributed by atoms with Gasteiger partial charge in [0.25, 0.3) is 0 Å². The summed E-state index contributed by atoms with van der Waals surface area (Å²) in [6.07, 6.45) is 48.0. The maximum atomic E-state index is 12.1. The van der Waals surface area contributed by atoms with E-state index in [0.717, 1.165) is 51.4 Å². The van der Waals surface area contributed by atoms with E-state index in [4.69, 9.17) is 9.47 Å². The van der Waals surface area contributed by atoms with Gasteiger partial charge >= 0.3 is 11.9 Å². The third kappa shape index (κ3) is 36.9. The lowest BCUT2D eigenvalue weighted by molar-refractivity contribution is -0.161. The summed E-state index contributed by atoms with van der Waals surface area (Å²) in [5.74, 6) is -0.650. The van der Waals surface area contributed by atoms with Gasteiger partial charge in [0, 0.05) is 12.8 Å². The molecule has 280 valence electrons. The predicted molar refractivity (Wildman–Crippen MR) is 205 cm³/mol. The highest BCUT2D eigenvalue weighted by Gasteiger charge is 2.16. The Kier molecular flexibility index (Phi) is 38.0. The molecule has 0 bridgehead atoms. The second kappa shape index (κ2) is 39.6. The highest BCUT2D eigenvalue weighted by molar-refractivity contribution is 5.70. The van der Waals surface area contributed by atoms with Crippen LogP contribution in [0.2, 0.25) is 0 Å². The van der Waals surface area contributed by atoms with Crippen LogP contribution < -0.4 is 0 Å². The van der Waals surface area contributed by atoms with Gasteiger partial charge in [0.15, 0.2) is 6.10 Å². The van der Waals surface area contributed by atoms with Crippen LogP contribution in [0.1, 0.15) is 206 Å². The second-order valence-electron chi connectivity index (χ2n) is 13.7. The molecule has 0 aromatic rings. The molecule has 5 heteroatoms. The van der Waals surface area contributed by atoms with Crippen LogP contribution in [0.15, 0.2) is 36.5 Å². The number of carbonyl (C=O) groups excluding carboxylic acids is 2. The van der Waals surface area contributed by atoms with Gasteiger partial charge in [-0.15, -0.1) is 0 Å². The molecular weight excluding hydrogens is 596 g/mol. The minimum Gasteiger partial charge on any atom is -0.462 e. The highest BCUT2D eigenvalue weighted by Crippen LogP contribution is 2.14. The van der Waals surface area contributed by atoms with E-state index in [-0.39, 0.29) is 25.2 Å². The normalized spacial score (nSPS) is 12.5. The van der Waals surface area contributed by atoms with E-state index in [2.05, 4.69) is 50.3 Å². The Morgan fingerprint density at radius 3 is 1.31 bits per heavy atom. The third-order valence-corrected chi connectivity index (χ3v) is 8.88. The van der Waals surface area contributed by atoms with E-state index in [1.807, 2.05) is 0 Å². The molecule has 1 N–H and O–H groups in total. The molecule has 0 rings (SSSR count). The molecule has 0 aliphatic rings. The summed E-state index contributed by atoms with van der Waals surface area (Å²) in [5.41, 5.74) is 0. The third-order valence-electron chi connectivity index (χ3n) is 8.88. The standard InChI is InChI=1S/C43H78O5/c1-3-5-7-9-11-13-15-16-17-18-19-20-21-22-23-24-25-26-28-29-31-33-35-37-42(45)47-40-41(39-44)48-43(46)38-36-34-32-30-27-14-12-10-8-6-4-2/h10,12,24-25,29,31,41,44H,3-9,11,13-23,26-28,30,32-40H2,1-2H3/b12-10+,25-24+,31-29+/t41-/m0/s1. The molecule has 0 fully saturated rings. The zero-order valence-electron chi connectivity index (χ0n) is 31.7. The first-order chi connectivity index (χ1) is 23.6. The molecule has 0 saturated heterocycles. The first-order valence-electron chi connectivity index (χ1n) is 20.5. The Morgan fingerprint density at radius 1 is 0.458 bits per heavy atom. The van der Waals surface area contributed by atoms with Gasteiger partial charge < -0.3 is 14.6 Å². The number of hydrogen-bond donors (Lipinski definition) is 1. The van der Waals surface area contributed by atoms with Crippen molar-refractivity contribution in [1.29, 1.82) is 0 Å². The number of allylic oxidation sites excluding steroid dienone is 6. The zero-order chi connectivity index (χ0) is 35.0. The molecule has 48 heavy (non-hydrogen) atoms. The van der Waals surface area contributed by atoms with Crippen molar-refractivity contribution in [2.24, 2.45) is 0 Å². The summed E-state index contributed by atoms with van der Waals surface area (Å²) in [6, 6.07) is 0. The summed E-state index contributed by atoms with van der Waals surface area (Å²) < 4.78 is 10.5. The zero-order valence-corrected chi connectivity index (χ0v) is 31.7. The van der Waals surface area contributed by atoms with E-state index in [9.17, 15) is 14.7 Å². The van der Waals surface area contributed by atoms with E-state index in [0.29, 0.717) is 12.8 Å². The lowest BCUT2D eigenvalue weighted by Crippen LogP contribution is -2.28. The summed E-state index contributed by atoms with van der Waals surface area (Å²) in [6.45, 7) is 4.06. The number of aliphatic hydroxyl groups excluding tert-OH is 1. The largest absolute Gasteiger partial charge is 0.462 e. The van der Waals surface area contributed by atoms with Crippen molar-refractivity contribution in [2.75, 3.05) is 13.2 Å². The summed E-state index contributed by atoms with van der Waals surface area (Å²) in [5, 5.41) is 9.53. The Balaban J connectivity index is 3.56. The molecule has 0 radical (unpaired) electrons. The van der Waals surface area contributed by atoms with E-state index in [1.165, 1.54) is 128 Å². The number of carbonyl (C=O) groups is 2. The molecule has 0 aliphatic carbocycles. The van der Waals surface area contributed by atoms with Crippen molar-refractivity contribution >= 4 is 11.9 Å². The van der Waals surface area contributed by atoms with Crippen molar-refractivity contribution in [3.8, 4) is 0 Å². The number of ether oxygens (including phenoxy) is 2. The van der Waals surface area contributed by atoms with Crippen LogP contribution in [-0.2, 0) is 19.1 Å². The first kappa shape index (κ1) is 46.1. The van der Waals surface area contributed by atoms with Gasteiger partial charge in [-0.3, -0.25) is 9.59 Å². The molecule has 0 unspecified atom stereocenters. The number of aliphatic hydroxyl groups is 1. The highest BCUT2D eigenvalue weighted by atomic mass is 16.6. The number of rotatable bonds is 37. The fourth-order valence-electron chi connectivity index (χ4n) is 5.73. The Morgan fingerprint density at radius 2 is 0.833 bits per heavy atom. The van der Waals surface area contributed by atoms with Gasteiger partial charge in [0.05, 0.1) is 6.61 Å². The Hall–Kier alpha value is -1.88.